The predicted octanol–water partition coefficient (Wildman–Crippen LogP) is 4.96. The average molecular weight is 527 g/mol. The molecule has 1 aromatic heterocycles. The molecule has 1 aliphatic heterocycles. The van der Waals surface area contributed by atoms with Crippen LogP contribution >= 0.6 is 0 Å². The summed E-state index contributed by atoms with van der Waals surface area (Å²) >= 11 is 0. The summed E-state index contributed by atoms with van der Waals surface area (Å²) in [4.78, 5) is 27.6. The zero-order valence-corrected chi connectivity index (χ0v) is 21.3. The van der Waals surface area contributed by atoms with Crippen LogP contribution in [0.3, 0.4) is 0 Å². The molecule has 200 valence electrons. The molecule has 0 aliphatic carbocycles. The van der Waals surface area contributed by atoms with Gasteiger partial charge in [0.1, 0.15) is 17.2 Å². The number of nitrogens with one attached hydrogen (secondary N) is 3. The number of halogens is 3. The lowest BCUT2D eigenvalue weighted by Crippen LogP contribution is -2.28. The van der Waals surface area contributed by atoms with Gasteiger partial charge in [0.2, 0.25) is 0 Å². The Bertz CT molecular complexity index is 1420. The van der Waals surface area contributed by atoms with Crippen molar-refractivity contribution in [2.75, 3.05) is 28.6 Å². The Balaban J connectivity index is 1.78. The first-order valence-electron chi connectivity index (χ1n) is 12.4. The summed E-state index contributed by atoms with van der Waals surface area (Å²) in [5.74, 6) is -3.11. The van der Waals surface area contributed by atoms with E-state index in [-0.39, 0.29) is 28.7 Å². The minimum atomic E-state index is -1.02. The van der Waals surface area contributed by atoms with E-state index < -0.39 is 34.6 Å². The number of hydrogen-bond acceptors (Lipinski definition) is 6. The van der Waals surface area contributed by atoms with Crippen molar-refractivity contribution in [3.63, 3.8) is 0 Å². The summed E-state index contributed by atoms with van der Waals surface area (Å²) in [5.41, 5.74) is -0.808. The number of amides is 1. The number of para-hydroxylation sites is 1. The lowest BCUT2D eigenvalue weighted by Gasteiger charge is -2.27. The number of benzene rings is 2. The third-order valence-corrected chi connectivity index (χ3v) is 6.48. The monoisotopic (exact) mass is 526 g/mol. The van der Waals surface area contributed by atoms with E-state index >= 15 is 4.39 Å². The van der Waals surface area contributed by atoms with Crippen LogP contribution in [-0.2, 0) is 0 Å². The van der Waals surface area contributed by atoms with Crippen LogP contribution in [0.2, 0.25) is 0 Å². The SMILES string of the molecule is CC[C@H]1CCN(c2c(NC(=O)c3ccc(=O)n(-c4c(F)cccc4F)n3)cc(F)c(NC(C)C)c2C=N)C1. The molecule has 0 radical (unpaired) electrons. The molecule has 1 aliphatic rings. The highest BCUT2D eigenvalue weighted by Crippen LogP contribution is 2.40. The molecular formula is C27H29F3N6O2. The largest absolute Gasteiger partial charge is 0.380 e. The van der Waals surface area contributed by atoms with Gasteiger partial charge in [-0.1, -0.05) is 19.4 Å². The number of hydrogen-bond donors (Lipinski definition) is 3. The van der Waals surface area contributed by atoms with Crippen LogP contribution in [0.15, 0.2) is 41.2 Å². The van der Waals surface area contributed by atoms with Gasteiger partial charge in [-0.3, -0.25) is 9.59 Å². The molecule has 3 N–H and O–H groups in total. The molecule has 1 atom stereocenters. The summed E-state index contributed by atoms with van der Waals surface area (Å²) in [6.45, 7) is 7.12. The Morgan fingerprint density at radius 2 is 1.87 bits per heavy atom. The maximum Gasteiger partial charge on any atom is 0.276 e. The van der Waals surface area contributed by atoms with Gasteiger partial charge in [-0.2, -0.15) is 9.78 Å². The first kappa shape index (κ1) is 26.9. The van der Waals surface area contributed by atoms with Crippen molar-refractivity contribution in [1.82, 2.24) is 9.78 Å². The number of aromatic nitrogens is 2. The van der Waals surface area contributed by atoms with E-state index in [2.05, 4.69) is 22.7 Å². The van der Waals surface area contributed by atoms with Crippen molar-refractivity contribution in [3.8, 4) is 5.69 Å². The Hall–Kier alpha value is -4.15. The minimum absolute atomic E-state index is 0.109. The molecule has 3 aromatic rings. The second-order valence-corrected chi connectivity index (χ2v) is 9.49. The maximum absolute atomic E-state index is 15.3. The second-order valence-electron chi connectivity index (χ2n) is 9.49. The van der Waals surface area contributed by atoms with Gasteiger partial charge in [0.25, 0.3) is 11.5 Å². The molecule has 0 saturated carbocycles. The third kappa shape index (κ3) is 5.27. The quantitative estimate of drug-likeness (QED) is 0.360. The molecule has 11 heteroatoms. The number of anilines is 3. The first-order valence-corrected chi connectivity index (χ1v) is 12.4. The van der Waals surface area contributed by atoms with Gasteiger partial charge in [0.05, 0.1) is 17.1 Å². The molecule has 0 spiro atoms. The fourth-order valence-electron chi connectivity index (χ4n) is 4.61. The van der Waals surface area contributed by atoms with Crippen LogP contribution in [0.25, 0.3) is 5.69 Å². The van der Waals surface area contributed by atoms with Crippen LogP contribution in [-0.4, -0.2) is 41.0 Å². The smallest absolute Gasteiger partial charge is 0.276 e. The van der Waals surface area contributed by atoms with Gasteiger partial charge < -0.3 is 20.9 Å². The number of carbonyl (C=O) groups excluding carboxylic acids is 1. The standard InChI is InChI=1S/C27H29F3N6O2/c1-4-16-10-11-35(14-16)25-17(13-31)24(32-15(2)3)20(30)12-22(25)33-27(38)21-8-9-23(37)36(34-21)26-18(28)6-5-7-19(26)29/h5-9,12-13,15-16,31-32H,4,10-11,14H2,1-3H3,(H,33,38)/t16-/m0/s1. The van der Waals surface area contributed by atoms with E-state index in [1.165, 1.54) is 6.07 Å². The molecule has 0 unspecified atom stereocenters. The van der Waals surface area contributed by atoms with Crippen LogP contribution in [0.1, 0.15) is 49.7 Å². The fourth-order valence-corrected chi connectivity index (χ4v) is 4.61. The normalized spacial score (nSPS) is 15.1. The van der Waals surface area contributed by atoms with Crippen molar-refractivity contribution >= 4 is 29.2 Å². The molecular weight excluding hydrogens is 497 g/mol. The Labute approximate surface area is 218 Å². The van der Waals surface area contributed by atoms with Gasteiger partial charge in [-0.25, -0.2) is 13.2 Å². The van der Waals surface area contributed by atoms with Crippen LogP contribution in [0.4, 0.5) is 30.2 Å². The van der Waals surface area contributed by atoms with E-state index in [9.17, 15) is 18.4 Å². The predicted molar refractivity (Wildman–Crippen MR) is 141 cm³/mol. The van der Waals surface area contributed by atoms with Crippen molar-refractivity contribution in [3.05, 3.63) is 75.5 Å². The molecule has 1 amide bonds. The minimum Gasteiger partial charge on any atom is -0.380 e. The van der Waals surface area contributed by atoms with Crippen molar-refractivity contribution in [2.24, 2.45) is 5.92 Å². The molecule has 1 fully saturated rings. The number of rotatable bonds is 8. The first-order chi connectivity index (χ1) is 18.1. The second kappa shape index (κ2) is 11.1. The van der Waals surface area contributed by atoms with E-state index in [0.29, 0.717) is 29.4 Å². The summed E-state index contributed by atoms with van der Waals surface area (Å²) in [6.07, 6.45) is 2.91. The van der Waals surface area contributed by atoms with Crippen LogP contribution in [0, 0.1) is 28.8 Å². The lowest BCUT2D eigenvalue weighted by atomic mass is 10.1. The van der Waals surface area contributed by atoms with Gasteiger partial charge in [0.15, 0.2) is 11.6 Å². The lowest BCUT2D eigenvalue weighted by molar-refractivity contribution is 0.102. The van der Waals surface area contributed by atoms with E-state index in [0.717, 1.165) is 49.4 Å². The highest BCUT2D eigenvalue weighted by molar-refractivity contribution is 6.08. The van der Waals surface area contributed by atoms with Crippen molar-refractivity contribution in [1.29, 1.82) is 5.41 Å². The molecule has 2 heterocycles. The molecule has 0 bridgehead atoms. The average Bonchev–Trinajstić information content (AvgIpc) is 3.35. The zero-order chi connectivity index (χ0) is 27.6. The van der Waals surface area contributed by atoms with E-state index in [1.807, 2.05) is 18.7 Å². The topological polar surface area (TPSA) is 103 Å². The highest BCUT2D eigenvalue weighted by Gasteiger charge is 2.29. The molecule has 8 nitrogen and oxygen atoms in total. The highest BCUT2D eigenvalue weighted by atomic mass is 19.1. The van der Waals surface area contributed by atoms with Crippen molar-refractivity contribution in [2.45, 2.75) is 39.7 Å². The molecule has 4 rings (SSSR count). The van der Waals surface area contributed by atoms with E-state index in [4.69, 9.17) is 5.41 Å². The Morgan fingerprint density at radius 3 is 2.47 bits per heavy atom. The molecule has 38 heavy (non-hydrogen) atoms. The Kier molecular flexibility index (Phi) is 7.84. The van der Waals surface area contributed by atoms with Gasteiger partial charge >= 0.3 is 0 Å². The van der Waals surface area contributed by atoms with Gasteiger partial charge in [-0.15, -0.1) is 0 Å². The summed E-state index contributed by atoms with van der Waals surface area (Å²) in [7, 11) is 0. The number of carbonyl (C=O) groups is 1. The van der Waals surface area contributed by atoms with Gasteiger partial charge in [-0.05, 0) is 44.4 Å². The Morgan fingerprint density at radius 1 is 1.16 bits per heavy atom. The summed E-state index contributed by atoms with van der Waals surface area (Å²) in [6, 6.07) is 6.25. The van der Waals surface area contributed by atoms with Crippen LogP contribution in [0.5, 0.6) is 0 Å². The summed E-state index contributed by atoms with van der Waals surface area (Å²) in [5, 5.41) is 17.6. The maximum atomic E-state index is 15.3. The zero-order valence-electron chi connectivity index (χ0n) is 21.3. The fraction of sp³-hybridized carbons (Fsp3) is 0.333. The molecule has 2 aromatic carbocycles. The van der Waals surface area contributed by atoms with Crippen molar-refractivity contribution < 1.29 is 18.0 Å². The molecule has 1 saturated heterocycles. The van der Waals surface area contributed by atoms with Crippen LogP contribution < -0.4 is 21.1 Å². The third-order valence-electron chi connectivity index (χ3n) is 6.48. The van der Waals surface area contributed by atoms with Gasteiger partial charge in [0, 0.05) is 43.0 Å². The summed E-state index contributed by atoms with van der Waals surface area (Å²) < 4.78 is 44.4. The van der Waals surface area contributed by atoms with E-state index in [1.54, 1.807) is 0 Å². The number of nitrogens with zero attached hydrogens (tertiary/aromatic N) is 3.